The summed E-state index contributed by atoms with van der Waals surface area (Å²) in [6, 6.07) is 5.57. The summed E-state index contributed by atoms with van der Waals surface area (Å²) in [5.41, 5.74) is 4.20. The number of hydrogen-bond donors (Lipinski definition) is 2. The van der Waals surface area contributed by atoms with Crippen LogP contribution in [0.2, 0.25) is 0 Å². The number of carbonyl (C=O) groups is 1. The van der Waals surface area contributed by atoms with Gasteiger partial charge >= 0.3 is 0 Å². The van der Waals surface area contributed by atoms with Gasteiger partial charge in [-0.25, -0.2) is 0 Å². The van der Waals surface area contributed by atoms with E-state index in [1.807, 2.05) is 18.2 Å². The molecule has 5 nitrogen and oxygen atoms in total. The quantitative estimate of drug-likeness (QED) is 0.796. The number of rotatable bonds is 1. The second kappa shape index (κ2) is 3.98. The van der Waals surface area contributed by atoms with Crippen molar-refractivity contribution >= 4 is 11.6 Å². The lowest BCUT2D eigenvalue weighted by atomic mass is 10.0. The van der Waals surface area contributed by atoms with Crippen LogP contribution in [0.1, 0.15) is 34.9 Å². The van der Waals surface area contributed by atoms with Gasteiger partial charge in [-0.1, -0.05) is 12.2 Å². The van der Waals surface area contributed by atoms with Crippen molar-refractivity contribution in [1.29, 1.82) is 0 Å². The first-order valence-corrected chi connectivity index (χ1v) is 7.81. The van der Waals surface area contributed by atoms with Crippen molar-refractivity contribution in [3.63, 3.8) is 0 Å². The molecule has 2 atom stereocenters. The molecule has 1 amide bonds. The lowest BCUT2D eigenvalue weighted by molar-refractivity contribution is -0.117. The maximum Gasteiger partial charge on any atom is 0.231 e. The van der Waals surface area contributed by atoms with E-state index in [0.717, 1.165) is 28.8 Å². The van der Waals surface area contributed by atoms with E-state index in [9.17, 15) is 15.0 Å². The molecule has 23 heavy (non-hydrogen) atoms. The fourth-order valence-electron chi connectivity index (χ4n) is 4.28. The van der Waals surface area contributed by atoms with Gasteiger partial charge in [-0.3, -0.25) is 9.36 Å². The molecule has 0 radical (unpaired) electrons. The Morgan fingerprint density at radius 3 is 2.39 bits per heavy atom. The van der Waals surface area contributed by atoms with Crippen LogP contribution in [0.5, 0.6) is 11.8 Å². The number of fused-ring (bicyclic) bond motifs is 6. The van der Waals surface area contributed by atoms with Crippen LogP contribution in [0.4, 0.5) is 5.69 Å². The zero-order valence-electron chi connectivity index (χ0n) is 12.7. The van der Waals surface area contributed by atoms with E-state index in [1.54, 1.807) is 11.9 Å². The van der Waals surface area contributed by atoms with Gasteiger partial charge in [-0.2, -0.15) is 0 Å². The molecule has 3 aliphatic rings. The Bertz CT molecular complexity index is 874. The molecular formula is C18H16N2O3. The summed E-state index contributed by atoms with van der Waals surface area (Å²) in [7, 11) is 1.76. The number of anilines is 1. The predicted octanol–water partition coefficient (Wildman–Crippen LogP) is 2.55. The summed E-state index contributed by atoms with van der Waals surface area (Å²) < 4.78 is 1.50. The topological polar surface area (TPSA) is 65.7 Å². The van der Waals surface area contributed by atoms with Crippen LogP contribution in [0.15, 0.2) is 30.4 Å². The summed E-state index contributed by atoms with van der Waals surface area (Å²) in [6.45, 7) is 0. The Kier molecular flexibility index (Phi) is 2.22. The van der Waals surface area contributed by atoms with Crippen LogP contribution in [0.25, 0.3) is 5.69 Å². The highest BCUT2D eigenvalue weighted by atomic mass is 16.3. The average Bonchev–Trinajstić information content (AvgIpc) is 3.25. The molecule has 5 heteroatoms. The molecule has 0 saturated carbocycles. The number of aromatic hydroxyl groups is 2. The number of nitrogens with zero attached hydrogens (tertiary/aromatic N) is 2. The van der Waals surface area contributed by atoms with Crippen molar-refractivity contribution in [3.05, 3.63) is 47.0 Å². The fourth-order valence-corrected chi connectivity index (χ4v) is 4.28. The molecule has 5 rings (SSSR count). The Labute approximate surface area is 133 Å². The Morgan fingerprint density at radius 2 is 1.74 bits per heavy atom. The Hall–Kier alpha value is -2.69. The summed E-state index contributed by atoms with van der Waals surface area (Å²) >= 11 is 0. The zero-order valence-corrected chi connectivity index (χ0v) is 12.7. The van der Waals surface area contributed by atoms with Gasteiger partial charge in [0.25, 0.3) is 0 Å². The number of hydrogen-bond acceptors (Lipinski definition) is 3. The highest BCUT2D eigenvalue weighted by molar-refractivity contribution is 6.01. The number of aromatic nitrogens is 1. The van der Waals surface area contributed by atoms with Gasteiger partial charge in [-0.05, 0) is 30.2 Å². The predicted molar refractivity (Wildman–Crippen MR) is 85.5 cm³/mol. The van der Waals surface area contributed by atoms with Gasteiger partial charge in [0, 0.05) is 35.7 Å². The number of allylic oxidation sites excluding steroid dienone is 2. The monoisotopic (exact) mass is 308 g/mol. The average molecular weight is 308 g/mol. The number of amides is 1. The van der Waals surface area contributed by atoms with Gasteiger partial charge in [0.05, 0.1) is 12.1 Å². The Morgan fingerprint density at radius 1 is 1.09 bits per heavy atom. The third-order valence-corrected chi connectivity index (χ3v) is 5.42. The largest absolute Gasteiger partial charge is 0.494 e. The van der Waals surface area contributed by atoms with E-state index in [0.29, 0.717) is 12.1 Å². The van der Waals surface area contributed by atoms with Crippen molar-refractivity contribution in [1.82, 2.24) is 4.57 Å². The molecule has 1 aliphatic heterocycles. The molecule has 1 aromatic carbocycles. The highest BCUT2D eigenvalue weighted by Crippen LogP contribution is 2.57. The minimum Gasteiger partial charge on any atom is -0.494 e. The molecule has 0 unspecified atom stereocenters. The summed E-state index contributed by atoms with van der Waals surface area (Å²) in [5.74, 6) is 0.690. The molecule has 2 heterocycles. The van der Waals surface area contributed by atoms with Gasteiger partial charge in [-0.15, -0.1) is 0 Å². The molecule has 0 spiro atoms. The molecule has 0 saturated heterocycles. The second-order valence-electron chi connectivity index (χ2n) is 6.59. The van der Waals surface area contributed by atoms with Gasteiger partial charge < -0.3 is 15.1 Å². The molecule has 2 N–H and O–H groups in total. The number of carbonyl (C=O) groups excluding carboxylic acids is 1. The Balaban J connectivity index is 1.68. The molecule has 116 valence electrons. The molecular weight excluding hydrogens is 292 g/mol. The van der Waals surface area contributed by atoms with Crippen LogP contribution in [-0.4, -0.2) is 27.7 Å². The van der Waals surface area contributed by atoms with E-state index in [4.69, 9.17) is 0 Å². The fraction of sp³-hybridized carbons (Fsp3) is 0.278. The van der Waals surface area contributed by atoms with E-state index >= 15 is 0 Å². The third kappa shape index (κ3) is 1.44. The maximum absolute atomic E-state index is 11.8. The van der Waals surface area contributed by atoms with Gasteiger partial charge in [0.2, 0.25) is 17.7 Å². The lowest BCUT2D eigenvalue weighted by Crippen LogP contribution is -2.20. The normalized spacial score (nSPS) is 23.7. The van der Waals surface area contributed by atoms with Crippen molar-refractivity contribution in [3.8, 4) is 17.4 Å². The first-order valence-electron chi connectivity index (χ1n) is 7.81. The van der Waals surface area contributed by atoms with E-state index in [1.165, 1.54) is 4.57 Å². The first-order chi connectivity index (χ1) is 11.1. The van der Waals surface area contributed by atoms with Crippen LogP contribution < -0.4 is 4.90 Å². The zero-order chi connectivity index (χ0) is 15.9. The first kappa shape index (κ1) is 12.8. The summed E-state index contributed by atoms with van der Waals surface area (Å²) in [6.07, 6.45) is 5.50. The highest BCUT2D eigenvalue weighted by Gasteiger charge is 2.41. The van der Waals surface area contributed by atoms with Crippen molar-refractivity contribution in [2.24, 2.45) is 0 Å². The number of likely N-dealkylation sites (N-methyl/N-ethyl adjacent to an activating group) is 1. The van der Waals surface area contributed by atoms with Gasteiger partial charge in [0.1, 0.15) is 0 Å². The van der Waals surface area contributed by atoms with E-state index < -0.39 is 0 Å². The van der Waals surface area contributed by atoms with Crippen LogP contribution in [0, 0.1) is 0 Å². The van der Waals surface area contributed by atoms with E-state index in [-0.39, 0.29) is 29.5 Å². The smallest absolute Gasteiger partial charge is 0.231 e. The third-order valence-electron chi connectivity index (χ3n) is 5.42. The minimum absolute atomic E-state index is 0.0582. The maximum atomic E-state index is 11.8. The van der Waals surface area contributed by atoms with Crippen molar-refractivity contribution in [2.45, 2.75) is 24.7 Å². The van der Waals surface area contributed by atoms with Crippen molar-refractivity contribution < 1.29 is 15.0 Å². The molecule has 1 aromatic heterocycles. The summed E-state index contributed by atoms with van der Waals surface area (Å²) in [5, 5.41) is 21.3. The molecule has 0 fully saturated rings. The molecule has 2 aliphatic carbocycles. The summed E-state index contributed by atoms with van der Waals surface area (Å²) in [4.78, 5) is 13.5. The van der Waals surface area contributed by atoms with Crippen LogP contribution in [-0.2, 0) is 11.2 Å². The van der Waals surface area contributed by atoms with Gasteiger partial charge in [0.15, 0.2) is 0 Å². The minimum atomic E-state index is 0.0582. The van der Waals surface area contributed by atoms with Crippen LogP contribution in [0.3, 0.4) is 0 Å². The van der Waals surface area contributed by atoms with E-state index in [2.05, 4.69) is 12.2 Å². The number of benzene rings is 1. The standard InChI is InChI=1S/C18H16N2O3/c1-19-13-5-4-12(7-11(13)8-14(19)21)20-17(22)15-9-2-3-10(6-9)16(15)18(20)23/h2-5,7,9-10,22-23H,6,8H2,1H3/t9-,10+. The van der Waals surface area contributed by atoms with Crippen LogP contribution >= 0.6 is 0 Å². The lowest BCUT2D eigenvalue weighted by Gasteiger charge is -2.13. The molecule has 2 aromatic rings. The SMILES string of the molecule is CN1C(=O)Cc2cc(-n3c(O)c4c(c3O)[C@H]3C=C[C@@H]4C3)ccc21. The second-order valence-corrected chi connectivity index (χ2v) is 6.59. The molecule has 2 bridgehead atoms. The van der Waals surface area contributed by atoms with Crippen molar-refractivity contribution in [2.75, 3.05) is 11.9 Å².